The molecule has 23 heavy (non-hydrogen) atoms. The molecule has 1 aliphatic carbocycles. The van der Waals surface area contributed by atoms with Gasteiger partial charge in [0.25, 0.3) is 0 Å². The van der Waals surface area contributed by atoms with E-state index in [9.17, 15) is 5.11 Å². The number of benzene rings is 1. The number of hydrogen-bond acceptors (Lipinski definition) is 3. The summed E-state index contributed by atoms with van der Waals surface area (Å²) in [6.45, 7) is 1.98. The highest BCUT2D eigenvalue weighted by atomic mass is 35.5. The van der Waals surface area contributed by atoms with E-state index >= 15 is 0 Å². The summed E-state index contributed by atoms with van der Waals surface area (Å²) in [6.07, 6.45) is 4.83. The molecule has 0 radical (unpaired) electrons. The Bertz CT molecular complexity index is 669. The monoisotopic (exact) mass is 336 g/mol. The van der Waals surface area contributed by atoms with Crippen LogP contribution in [0.3, 0.4) is 0 Å². The molecule has 3 N–H and O–H groups in total. The Morgan fingerprint density at radius 2 is 2.09 bits per heavy atom. The van der Waals surface area contributed by atoms with Crippen LogP contribution < -0.4 is 5.32 Å². The minimum atomic E-state index is -0.466. The van der Waals surface area contributed by atoms with Crippen LogP contribution in [-0.2, 0) is 19.4 Å². The van der Waals surface area contributed by atoms with E-state index in [4.69, 9.17) is 16.7 Å². The van der Waals surface area contributed by atoms with Crippen molar-refractivity contribution >= 4 is 22.5 Å². The van der Waals surface area contributed by atoms with E-state index in [1.165, 1.54) is 29.5 Å². The van der Waals surface area contributed by atoms with Crippen LogP contribution in [0.15, 0.2) is 18.2 Å². The highest BCUT2D eigenvalue weighted by Crippen LogP contribution is 2.35. The number of aromatic nitrogens is 1. The molecular formula is C18H25ClN2O2. The van der Waals surface area contributed by atoms with Gasteiger partial charge in [-0.1, -0.05) is 23.7 Å². The quantitative estimate of drug-likeness (QED) is 0.681. The van der Waals surface area contributed by atoms with Gasteiger partial charge in [0.05, 0.1) is 23.2 Å². The lowest BCUT2D eigenvalue weighted by Crippen LogP contribution is -2.31. The Labute approximate surface area is 142 Å². The second-order valence-corrected chi connectivity index (χ2v) is 6.72. The predicted molar refractivity (Wildman–Crippen MR) is 94.2 cm³/mol. The van der Waals surface area contributed by atoms with Crippen LogP contribution >= 0.6 is 11.6 Å². The molecule has 5 heteroatoms. The Kier molecular flexibility index (Phi) is 5.59. The Morgan fingerprint density at radius 3 is 2.91 bits per heavy atom. The average Bonchev–Trinajstić information content (AvgIpc) is 2.87. The number of aliphatic hydroxyl groups excluding tert-OH is 2. The molecule has 4 nitrogen and oxygen atoms in total. The van der Waals surface area contributed by atoms with Gasteiger partial charge in [-0.25, -0.2) is 0 Å². The average molecular weight is 337 g/mol. The highest BCUT2D eigenvalue weighted by Gasteiger charge is 2.22. The molecule has 0 fully saturated rings. The van der Waals surface area contributed by atoms with Crippen molar-refractivity contribution in [2.45, 2.75) is 44.8 Å². The van der Waals surface area contributed by atoms with E-state index in [2.05, 4.69) is 16.0 Å². The van der Waals surface area contributed by atoms with Crippen molar-refractivity contribution in [2.75, 3.05) is 19.7 Å². The Balaban J connectivity index is 1.85. The van der Waals surface area contributed by atoms with Gasteiger partial charge in [-0.15, -0.1) is 0 Å². The lowest BCUT2D eigenvalue weighted by atomic mass is 9.95. The Hall–Kier alpha value is -1.07. The molecule has 0 saturated heterocycles. The van der Waals surface area contributed by atoms with Crippen molar-refractivity contribution < 1.29 is 10.2 Å². The molecule has 0 bridgehead atoms. The number of nitrogens with zero attached hydrogens (tertiary/aromatic N) is 1. The molecule has 1 aliphatic rings. The molecule has 1 heterocycles. The zero-order valence-corrected chi connectivity index (χ0v) is 14.1. The fourth-order valence-corrected chi connectivity index (χ4v) is 3.87. The number of nitrogens with one attached hydrogen (secondary N) is 1. The third-order valence-corrected chi connectivity index (χ3v) is 4.94. The fourth-order valence-electron chi connectivity index (χ4n) is 3.60. The van der Waals surface area contributed by atoms with Crippen LogP contribution in [0, 0.1) is 0 Å². The van der Waals surface area contributed by atoms with Gasteiger partial charge in [-0.05, 0) is 50.3 Å². The van der Waals surface area contributed by atoms with Crippen molar-refractivity contribution in [3.05, 3.63) is 34.5 Å². The molecule has 3 rings (SSSR count). The van der Waals surface area contributed by atoms with Gasteiger partial charge in [-0.3, -0.25) is 0 Å². The van der Waals surface area contributed by atoms with E-state index in [0.717, 1.165) is 29.9 Å². The summed E-state index contributed by atoms with van der Waals surface area (Å²) < 4.78 is 2.23. The summed E-state index contributed by atoms with van der Waals surface area (Å²) >= 11 is 6.47. The van der Waals surface area contributed by atoms with Gasteiger partial charge in [0, 0.05) is 24.2 Å². The third kappa shape index (κ3) is 3.56. The largest absolute Gasteiger partial charge is 0.396 e. The van der Waals surface area contributed by atoms with Gasteiger partial charge in [0.1, 0.15) is 0 Å². The fraction of sp³-hybridized carbons (Fsp3) is 0.556. The molecule has 1 aromatic heterocycles. The summed E-state index contributed by atoms with van der Waals surface area (Å²) in [5.41, 5.74) is 3.82. The SMILES string of the molecule is OCCCNC[C@H](O)Cn1c2c(c3cccc(Cl)c31)CCCC2. The summed E-state index contributed by atoms with van der Waals surface area (Å²) in [5.74, 6) is 0. The second kappa shape index (κ2) is 7.67. The molecular weight excluding hydrogens is 312 g/mol. The minimum absolute atomic E-state index is 0.175. The minimum Gasteiger partial charge on any atom is -0.396 e. The van der Waals surface area contributed by atoms with Crippen LogP contribution in [0.25, 0.3) is 10.9 Å². The van der Waals surface area contributed by atoms with E-state index in [1.807, 2.05) is 12.1 Å². The van der Waals surface area contributed by atoms with Crippen LogP contribution in [0.2, 0.25) is 5.02 Å². The molecule has 0 aliphatic heterocycles. The third-order valence-electron chi connectivity index (χ3n) is 4.63. The molecule has 126 valence electrons. The van der Waals surface area contributed by atoms with Crippen molar-refractivity contribution in [1.82, 2.24) is 9.88 Å². The van der Waals surface area contributed by atoms with Crippen LogP contribution in [0.1, 0.15) is 30.5 Å². The molecule has 0 saturated carbocycles. The number of fused-ring (bicyclic) bond motifs is 3. The lowest BCUT2D eigenvalue weighted by molar-refractivity contribution is 0.151. The first-order valence-corrected chi connectivity index (χ1v) is 8.88. The molecule has 1 atom stereocenters. The topological polar surface area (TPSA) is 57.4 Å². The Morgan fingerprint density at radius 1 is 1.26 bits per heavy atom. The molecule has 1 aromatic carbocycles. The summed E-state index contributed by atoms with van der Waals surface area (Å²) in [6, 6.07) is 6.09. The molecule has 0 unspecified atom stereocenters. The van der Waals surface area contributed by atoms with E-state index in [-0.39, 0.29) is 6.61 Å². The van der Waals surface area contributed by atoms with Crippen LogP contribution in [0.4, 0.5) is 0 Å². The lowest BCUT2D eigenvalue weighted by Gasteiger charge is -2.19. The molecule has 0 amide bonds. The number of halogens is 1. The van der Waals surface area contributed by atoms with Gasteiger partial charge in [0.2, 0.25) is 0 Å². The van der Waals surface area contributed by atoms with Gasteiger partial charge in [-0.2, -0.15) is 0 Å². The maximum absolute atomic E-state index is 10.4. The highest BCUT2D eigenvalue weighted by molar-refractivity contribution is 6.35. The summed E-state index contributed by atoms with van der Waals surface area (Å²) in [7, 11) is 0. The van der Waals surface area contributed by atoms with Gasteiger partial charge < -0.3 is 20.1 Å². The van der Waals surface area contributed by atoms with Crippen molar-refractivity contribution in [3.63, 3.8) is 0 Å². The van der Waals surface area contributed by atoms with Crippen LogP contribution in [-0.4, -0.2) is 40.6 Å². The second-order valence-electron chi connectivity index (χ2n) is 6.31. The maximum Gasteiger partial charge on any atom is 0.0843 e. The van der Waals surface area contributed by atoms with E-state index in [0.29, 0.717) is 19.5 Å². The molecule has 2 aromatic rings. The number of hydrogen-bond donors (Lipinski definition) is 3. The predicted octanol–water partition coefficient (Wildman–Crippen LogP) is 2.51. The van der Waals surface area contributed by atoms with Gasteiger partial charge in [0.15, 0.2) is 0 Å². The molecule has 0 spiro atoms. The number of aryl methyl sites for hydroxylation is 1. The smallest absolute Gasteiger partial charge is 0.0843 e. The van der Waals surface area contributed by atoms with Crippen molar-refractivity contribution in [2.24, 2.45) is 0 Å². The van der Waals surface area contributed by atoms with Crippen molar-refractivity contribution in [3.8, 4) is 0 Å². The number of aliphatic hydroxyl groups is 2. The first-order chi connectivity index (χ1) is 11.2. The van der Waals surface area contributed by atoms with E-state index in [1.54, 1.807) is 0 Å². The van der Waals surface area contributed by atoms with Crippen LogP contribution in [0.5, 0.6) is 0 Å². The zero-order valence-electron chi connectivity index (χ0n) is 13.4. The van der Waals surface area contributed by atoms with E-state index < -0.39 is 6.10 Å². The first kappa shape index (κ1) is 16.8. The number of rotatable bonds is 7. The summed E-state index contributed by atoms with van der Waals surface area (Å²) in [4.78, 5) is 0. The van der Waals surface area contributed by atoms with Crippen molar-refractivity contribution in [1.29, 1.82) is 0 Å². The zero-order chi connectivity index (χ0) is 16.2. The standard InChI is InChI=1S/C18H25ClN2O2/c19-16-7-3-6-15-14-5-1-2-8-17(14)21(18(15)16)12-13(23)11-20-9-4-10-22/h3,6-7,13,20,22-23H,1-2,4-5,8-12H2/t13-/m0/s1. The number of para-hydroxylation sites is 1. The normalized spacial score (nSPS) is 15.8. The summed E-state index contributed by atoms with van der Waals surface area (Å²) in [5, 5.41) is 24.4. The van der Waals surface area contributed by atoms with Gasteiger partial charge >= 0.3 is 0 Å². The maximum atomic E-state index is 10.4. The first-order valence-electron chi connectivity index (χ1n) is 8.50.